The third-order valence-electron chi connectivity index (χ3n) is 3.12. The van der Waals surface area contributed by atoms with Crippen LogP contribution in [0.15, 0.2) is 36.4 Å². The van der Waals surface area contributed by atoms with Crippen LogP contribution in [0.2, 0.25) is 0 Å². The summed E-state index contributed by atoms with van der Waals surface area (Å²) in [6.45, 7) is 8.84. The SMILES string of the molecule is C=C(C)C(=O)C(C)Oc1ccc2c(C)ccc(O)c2n1. The van der Waals surface area contributed by atoms with Gasteiger partial charge in [-0.15, -0.1) is 0 Å². The van der Waals surface area contributed by atoms with Crippen molar-refractivity contribution in [1.29, 1.82) is 0 Å². The molecule has 104 valence electrons. The minimum atomic E-state index is -0.649. The van der Waals surface area contributed by atoms with Crippen molar-refractivity contribution in [1.82, 2.24) is 4.98 Å². The molecule has 1 aromatic heterocycles. The number of phenols is 1. The van der Waals surface area contributed by atoms with E-state index < -0.39 is 6.10 Å². The van der Waals surface area contributed by atoms with Gasteiger partial charge in [0.15, 0.2) is 11.9 Å². The number of aryl methyl sites for hydroxylation is 1. The molecule has 4 nitrogen and oxygen atoms in total. The number of hydrogen-bond acceptors (Lipinski definition) is 4. The number of phenolic OH excluding ortho intramolecular Hbond substituents is 1. The molecule has 0 aliphatic rings. The standard InChI is InChI=1S/C16H17NO3/c1-9(2)16(19)11(4)20-14-8-6-12-10(3)5-7-13(18)15(12)17-14/h5-8,11,18H,1H2,2-4H3. The molecule has 0 saturated carbocycles. The first-order chi connectivity index (χ1) is 9.40. The fourth-order valence-electron chi connectivity index (χ4n) is 1.97. The highest BCUT2D eigenvalue weighted by Gasteiger charge is 2.16. The number of carbonyl (C=O) groups excluding carboxylic acids is 1. The zero-order valence-corrected chi connectivity index (χ0v) is 11.8. The fraction of sp³-hybridized carbons (Fsp3) is 0.250. The molecule has 0 amide bonds. The number of carbonyl (C=O) groups is 1. The molecular formula is C16H17NO3. The summed E-state index contributed by atoms with van der Waals surface area (Å²) in [6.07, 6.45) is -0.649. The summed E-state index contributed by atoms with van der Waals surface area (Å²) >= 11 is 0. The number of aromatic nitrogens is 1. The van der Waals surface area contributed by atoms with E-state index in [2.05, 4.69) is 11.6 Å². The Morgan fingerprint density at radius 1 is 1.35 bits per heavy atom. The third-order valence-corrected chi connectivity index (χ3v) is 3.12. The number of Topliss-reactive ketones (excluding diaryl/α,β-unsaturated/α-hetero) is 1. The lowest BCUT2D eigenvalue weighted by Gasteiger charge is -2.13. The van der Waals surface area contributed by atoms with E-state index in [-0.39, 0.29) is 11.5 Å². The number of nitrogens with zero attached hydrogens (tertiary/aromatic N) is 1. The minimum absolute atomic E-state index is 0.0925. The highest BCUT2D eigenvalue weighted by Crippen LogP contribution is 2.27. The largest absolute Gasteiger partial charge is 0.506 e. The number of fused-ring (bicyclic) bond motifs is 1. The predicted octanol–water partition coefficient (Wildman–Crippen LogP) is 3.16. The molecule has 0 aliphatic carbocycles. The lowest BCUT2D eigenvalue weighted by molar-refractivity contribution is -0.121. The van der Waals surface area contributed by atoms with Crippen LogP contribution in [0.25, 0.3) is 10.9 Å². The van der Waals surface area contributed by atoms with Gasteiger partial charge in [0, 0.05) is 11.5 Å². The summed E-state index contributed by atoms with van der Waals surface area (Å²) in [5.41, 5.74) is 1.93. The maximum Gasteiger partial charge on any atom is 0.214 e. The van der Waals surface area contributed by atoms with Crippen molar-refractivity contribution in [3.8, 4) is 11.6 Å². The van der Waals surface area contributed by atoms with E-state index in [1.807, 2.05) is 19.1 Å². The van der Waals surface area contributed by atoms with Crippen LogP contribution in [0, 0.1) is 6.92 Å². The van der Waals surface area contributed by atoms with E-state index in [1.54, 1.807) is 26.0 Å². The van der Waals surface area contributed by atoms with Crippen molar-refractivity contribution in [3.63, 3.8) is 0 Å². The maximum absolute atomic E-state index is 11.7. The Labute approximate surface area is 117 Å². The molecular weight excluding hydrogens is 254 g/mol. The Balaban J connectivity index is 2.35. The molecule has 0 saturated heterocycles. The summed E-state index contributed by atoms with van der Waals surface area (Å²) in [4.78, 5) is 16.0. The quantitative estimate of drug-likeness (QED) is 0.868. The zero-order chi connectivity index (χ0) is 14.9. The summed E-state index contributed by atoms with van der Waals surface area (Å²) in [5.74, 6) is 0.232. The lowest BCUT2D eigenvalue weighted by Crippen LogP contribution is -2.24. The second kappa shape index (κ2) is 5.33. The van der Waals surface area contributed by atoms with Gasteiger partial charge in [-0.2, -0.15) is 0 Å². The number of hydrogen-bond donors (Lipinski definition) is 1. The van der Waals surface area contributed by atoms with Crippen LogP contribution in [-0.2, 0) is 4.79 Å². The lowest BCUT2D eigenvalue weighted by atomic mass is 10.1. The van der Waals surface area contributed by atoms with E-state index in [9.17, 15) is 9.90 Å². The minimum Gasteiger partial charge on any atom is -0.506 e. The van der Waals surface area contributed by atoms with E-state index >= 15 is 0 Å². The molecule has 0 radical (unpaired) electrons. The van der Waals surface area contributed by atoms with E-state index in [0.717, 1.165) is 10.9 Å². The molecule has 0 spiro atoms. The Hall–Kier alpha value is -2.36. The van der Waals surface area contributed by atoms with Gasteiger partial charge >= 0.3 is 0 Å². The molecule has 1 aromatic carbocycles. The van der Waals surface area contributed by atoms with E-state index in [1.165, 1.54) is 0 Å². The summed E-state index contributed by atoms with van der Waals surface area (Å²) < 4.78 is 5.51. The smallest absolute Gasteiger partial charge is 0.214 e. The van der Waals surface area contributed by atoms with Gasteiger partial charge in [0.05, 0.1) is 0 Å². The average Bonchev–Trinajstić information content (AvgIpc) is 2.42. The van der Waals surface area contributed by atoms with Crippen LogP contribution in [0.5, 0.6) is 11.6 Å². The average molecular weight is 271 g/mol. The van der Waals surface area contributed by atoms with Crippen LogP contribution >= 0.6 is 0 Å². The Morgan fingerprint density at radius 2 is 2.05 bits per heavy atom. The van der Waals surface area contributed by atoms with Gasteiger partial charge in [0.25, 0.3) is 0 Å². The predicted molar refractivity (Wildman–Crippen MR) is 78.1 cm³/mol. The zero-order valence-electron chi connectivity index (χ0n) is 11.8. The fourth-order valence-corrected chi connectivity index (χ4v) is 1.97. The molecule has 1 unspecified atom stereocenters. The van der Waals surface area contributed by atoms with Crippen molar-refractivity contribution >= 4 is 16.7 Å². The van der Waals surface area contributed by atoms with Gasteiger partial charge in [-0.1, -0.05) is 12.6 Å². The summed E-state index contributed by atoms with van der Waals surface area (Å²) in [6, 6.07) is 6.94. The van der Waals surface area contributed by atoms with Gasteiger partial charge in [0.2, 0.25) is 5.88 Å². The van der Waals surface area contributed by atoms with Crippen molar-refractivity contribution < 1.29 is 14.6 Å². The molecule has 1 N–H and O–H groups in total. The maximum atomic E-state index is 11.7. The first kappa shape index (κ1) is 14.1. The number of benzene rings is 1. The number of ketones is 1. The Morgan fingerprint density at radius 3 is 2.70 bits per heavy atom. The first-order valence-corrected chi connectivity index (χ1v) is 6.36. The molecule has 20 heavy (non-hydrogen) atoms. The summed E-state index contributed by atoms with van der Waals surface area (Å²) in [5, 5.41) is 10.7. The highest BCUT2D eigenvalue weighted by atomic mass is 16.5. The van der Waals surface area contributed by atoms with Gasteiger partial charge in [-0.3, -0.25) is 4.79 Å². The molecule has 4 heteroatoms. The van der Waals surface area contributed by atoms with Crippen molar-refractivity contribution in [3.05, 3.63) is 42.0 Å². The van der Waals surface area contributed by atoms with Crippen LogP contribution in [0.1, 0.15) is 19.4 Å². The normalized spacial score (nSPS) is 12.2. The number of aromatic hydroxyl groups is 1. The van der Waals surface area contributed by atoms with E-state index in [4.69, 9.17) is 4.74 Å². The van der Waals surface area contributed by atoms with Gasteiger partial charge in [0.1, 0.15) is 11.3 Å². The van der Waals surface area contributed by atoms with Gasteiger partial charge in [-0.05, 0) is 44.0 Å². The van der Waals surface area contributed by atoms with Crippen LogP contribution in [0.3, 0.4) is 0 Å². The molecule has 1 atom stereocenters. The monoisotopic (exact) mass is 271 g/mol. The molecule has 0 bridgehead atoms. The van der Waals surface area contributed by atoms with Gasteiger partial charge < -0.3 is 9.84 Å². The number of pyridine rings is 1. The molecule has 0 fully saturated rings. The first-order valence-electron chi connectivity index (χ1n) is 6.36. The van der Waals surface area contributed by atoms with Gasteiger partial charge in [-0.25, -0.2) is 4.98 Å². The second-order valence-corrected chi connectivity index (χ2v) is 4.85. The van der Waals surface area contributed by atoms with Crippen molar-refractivity contribution in [2.45, 2.75) is 26.9 Å². The van der Waals surface area contributed by atoms with Crippen LogP contribution < -0.4 is 4.74 Å². The number of rotatable bonds is 4. The molecule has 1 heterocycles. The molecule has 2 rings (SSSR count). The van der Waals surface area contributed by atoms with Crippen LogP contribution in [-0.4, -0.2) is 22.0 Å². The van der Waals surface area contributed by atoms with Crippen molar-refractivity contribution in [2.75, 3.05) is 0 Å². The Kier molecular flexibility index (Phi) is 3.74. The Bertz CT molecular complexity index is 691. The third kappa shape index (κ3) is 2.64. The second-order valence-electron chi connectivity index (χ2n) is 4.85. The molecule has 2 aromatic rings. The topological polar surface area (TPSA) is 59.4 Å². The summed E-state index contributed by atoms with van der Waals surface area (Å²) in [7, 11) is 0. The number of ether oxygens (including phenoxy) is 1. The molecule has 0 aliphatic heterocycles. The highest BCUT2D eigenvalue weighted by molar-refractivity contribution is 5.97. The van der Waals surface area contributed by atoms with E-state index in [0.29, 0.717) is 17.0 Å². The van der Waals surface area contributed by atoms with Crippen molar-refractivity contribution in [2.24, 2.45) is 0 Å². The van der Waals surface area contributed by atoms with Crippen LogP contribution in [0.4, 0.5) is 0 Å².